The van der Waals surface area contributed by atoms with Crippen molar-refractivity contribution in [3.63, 3.8) is 0 Å². The Labute approximate surface area is 127 Å². The molecule has 5 nitrogen and oxygen atoms in total. The second-order valence-electron chi connectivity index (χ2n) is 3.85. The van der Waals surface area contributed by atoms with Gasteiger partial charge in [0.15, 0.2) is 0 Å². The lowest BCUT2D eigenvalue weighted by Gasteiger charge is -2.10. The Morgan fingerprint density at radius 1 is 1.25 bits per heavy atom. The van der Waals surface area contributed by atoms with E-state index >= 15 is 0 Å². The van der Waals surface area contributed by atoms with Crippen LogP contribution in [0.3, 0.4) is 0 Å². The topological polar surface area (TPSA) is 79.0 Å². The molecule has 100 valence electrons. The van der Waals surface area contributed by atoms with Gasteiger partial charge in [-0.1, -0.05) is 0 Å². The van der Waals surface area contributed by atoms with Crippen LogP contribution in [0, 0.1) is 30.8 Å². The molecule has 0 heterocycles. The molecule has 0 aliphatic rings. The van der Waals surface area contributed by atoms with Crippen LogP contribution in [0.1, 0.15) is 5.56 Å². The van der Waals surface area contributed by atoms with Gasteiger partial charge >= 0.3 is 0 Å². The molecule has 20 heavy (non-hydrogen) atoms. The number of hydrogen-bond acceptors (Lipinski definition) is 4. The molecular formula is C13H7FIN3O2. The number of nitro groups is 1. The fourth-order valence-electron chi connectivity index (χ4n) is 1.58. The standard InChI is InChI=1S/C13H7FIN3O2/c14-9-1-3-13(11(15)6-9)17-12-4-2-10(18(19)20)5-8(12)7-16/h1-6,17H. The predicted octanol–water partition coefficient (Wildman–Crippen LogP) is 3.95. The fraction of sp³-hybridized carbons (Fsp3) is 0. The Morgan fingerprint density at radius 2 is 1.95 bits per heavy atom. The molecule has 0 aromatic heterocycles. The molecule has 1 N–H and O–H groups in total. The molecule has 0 unspecified atom stereocenters. The first-order valence-corrected chi connectivity index (χ1v) is 6.50. The highest BCUT2D eigenvalue weighted by Gasteiger charge is 2.11. The normalized spacial score (nSPS) is 9.85. The van der Waals surface area contributed by atoms with Crippen LogP contribution in [-0.4, -0.2) is 4.92 Å². The molecule has 0 saturated heterocycles. The summed E-state index contributed by atoms with van der Waals surface area (Å²) >= 11 is 1.96. The van der Waals surface area contributed by atoms with Crippen LogP contribution in [0.15, 0.2) is 36.4 Å². The SMILES string of the molecule is N#Cc1cc([N+](=O)[O-])ccc1Nc1ccc(F)cc1I. The van der Waals surface area contributed by atoms with E-state index in [4.69, 9.17) is 5.26 Å². The number of nitro benzene ring substituents is 1. The summed E-state index contributed by atoms with van der Waals surface area (Å²) in [5.41, 5.74) is 1.06. The van der Waals surface area contributed by atoms with Crippen LogP contribution in [0.2, 0.25) is 0 Å². The molecule has 0 fully saturated rings. The molecule has 0 amide bonds. The van der Waals surface area contributed by atoms with Gasteiger partial charge in [0.05, 0.1) is 21.9 Å². The van der Waals surface area contributed by atoms with Crippen LogP contribution in [-0.2, 0) is 0 Å². The van der Waals surface area contributed by atoms with Crippen LogP contribution in [0.4, 0.5) is 21.5 Å². The van der Waals surface area contributed by atoms with E-state index in [9.17, 15) is 14.5 Å². The van der Waals surface area contributed by atoms with Crippen LogP contribution < -0.4 is 5.32 Å². The molecule has 7 heteroatoms. The largest absolute Gasteiger partial charge is 0.354 e. The number of non-ortho nitro benzene ring substituents is 1. The average molecular weight is 383 g/mol. The van der Waals surface area contributed by atoms with Crippen molar-refractivity contribution in [1.82, 2.24) is 0 Å². The summed E-state index contributed by atoms with van der Waals surface area (Å²) in [5, 5.41) is 22.7. The van der Waals surface area contributed by atoms with Crippen molar-refractivity contribution in [1.29, 1.82) is 5.26 Å². The van der Waals surface area contributed by atoms with Crippen molar-refractivity contribution in [3.05, 3.63) is 61.5 Å². The van der Waals surface area contributed by atoms with Crippen molar-refractivity contribution in [2.75, 3.05) is 5.32 Å². The smallest absolute Gasteiger partial charge is 0.270 e. The summed E-state index contributed by atoms with van der Waals surface area (Å²) in [4.78, 5) is 10.1. The summed E-state index contributed by atoms with van der Waals surface area (Å²) in [7, 11) is 0. The van der Waals surface area contributed by atoms with Gasteiger partial charge in [-0.3, -0.25) is 10.1 Å². The highest BCUT2D eigenvalue weighted by atomic mass is 127. The minimum atomic E-state index is -0.563. The Morgan fingerprint density at radius 3 is 2.55 bits per heavy atom. The number of rotatable bonds is 3. The van der Waals surface area contributed by atoms with Crippen molar-refractivity contribution in [2.45, 2.75) is 0 Å². The number of halogens is 2. The zero-order valence-corrected chi connectivity index (χ0v) is 12.1. The quantitative estimate of drug-likeness (QED) is 0.495. The first kappa shape index (κ1) is 14.2. The van der Waals surface area contributed by atoms with E-state index in [0.717, 1.165) is 0 Å². The maximum Gasteiger partial charge on any atom is 0.270 e. The second kappa shape index (κ2) is 5.83. The highest BCUT2D eigenvalue weighted by molar-refractivity contribution is 14.1. The van der Waals surface area contributed by atoms with Gasteiger partial charge in [-0.25, -0.2) is 4.39 Å². The lowest BCUT2D eigenvalue weighted by molar-refractivity contribution is -0.384. The first-order valence-electron chi connectivity index (χ1n) is 5.42. The van der Waals surface area contributed by atoms with Gasteiger partial charge in [-0.2, -0.15) is 5.26 Å². The number of nitriles is 1. The average Bonchev–Trinajstić information content (AvgIpc) is 2.42. The van der Waals surface area contributed by atoms with E-state index in [0.29, 0.717) is 14.9 Å². The van der Waals surface area contributed by atoms with Crippen LogP contribution >= 0.6 is 22.6 Å². The molecule has 0 aliphatic carbocycles. The van der Waals surface area contributed by atoms with Gasteiger partial charge < -0.3 is 5.32 Å². The maximum absolute atomic E-state index is 13.0. The number of nitrogens with zero attached hydrogens (tertiary/aromatic N) is 2. The number of nitrogens with one attached hydrogen (secondary N) is 1. The van der Waals surface area contributed by atoms with Crippen molar-refractivity contribution in [3.8, 4) is 6.07 Å². The van der Waals surface area contributed by atoms with Gasteiger partial charge in [0.2, 0.25) is 0 Å². The number of anilines is 2. The van der Waals surface area contributed by atoms with Gasteiger partial charge in [0, 0.05) is 15.7 Å². The van der Waals surface area contributed by atoms with E-state index < -0.39 is 4.92 Å². The summed E-state index contributed by atoms with van der Waals surface area (Å²) in [6.45, 7) is 0. The number of hydrogen-bond donors (Lipinski definition) is 1. The molecule has 0 atom stereocenters. The third kappa shape index (κ3) is 3.03. The molecule has 2 rings (SSSR count). The zero-order valence-electron chi connectivity index (χ0n) is 9.93. The van der Waals surface area contributed by atoms with Gasteiger partial charge in [0.1, 0.15) is 11.9 Å². The lowest BCUT2D eigenvalue weighted by Crippen LogP contribution is -1.97. The minimum absolute atomic E-state index is 0.152. The molecule has 2 aromatic rings. The van der Waals surface area contributed by atoms with Crippen LogP contribution in [0.5, 0.6) is 0 Å². The highest BCUT2D eigenvalue weighted by Crippen LogP contribution is 2.27. The first-order chi connectivity index (χ1) is 9.51. The van der Waals surface area contributed by atoms with Crippen LogP contribution in [0.25, 0.3) is 0 Å². The third-order valence-electron chi connectivity index (χ3n) is 2.53. The van der Waals surface area contributed by atoms with Crippen molar-refractivity contribution >= 4 is 39.7 Å². The van der Waals surface area contributed by atoms with E-state index in [1.54, 1.807) is 6.07 Å². The molecule has 0 saturated carbocycles. The Balaban J connectivity index is 2.39. The predicted molar refractivity (Wildman–Crippen MR) is 80.2 cm³/mol. The van der Waals surface area contributed by atoms with Gasteiger partial charge in [0.25, 0.3) is 5.69 Å². The monoisotopic (exact) mass is 383 g/mol. The second-order valence-corrected chi connectivity index (χ2v) is 5.01. The Kier molecular flexibility index (Phi) is 4.14. The maximum atomic E-state index is 13.0. The van der Waals surface area contributed by atoms with Gasteiger partial charge in [-0.15, -0.1) is 0 Å². The number of benzene rings is 2. The summed E-state index contributed by atoms with van der Waals surface area (Å²) in [5.74, 6) is -0.357. The van der Waals surface area contributed by atoms with E-state index in [1.165, 1.54) is 30.3 Å². The van der Waals surface area contributed by atoms with E-state index in [1.807, 2.05) is 28.7 Å². The minimum Gasteiger partial charge on any atom is -0.354 e. The molecular weight excluding hydrogens is 376 g/mol. The Bertz CT molecular complexity index is 728. The lowest BCUT2D eigenvalue weighted by atomic mass is 10.1. The van der Waals surface area contributed by atoms with E-state index in [2.05, 4.69) is 5.32 Å². The molecule has 0 bridgehead atoms. The third-order valence-corrected chi connectivity index (χ3v) is 3.43. The molecule has 0 aliphatic heterocycles. The summed E-state index contributed by atoms with van der Waals surface area (Å²) < 4.78 is 13.7. The molecule has 2 aromatic carbocycles. The Hall–Kier alpha value is -2.21. The van der Waals surface area contributed by atoms with Crippen molar-refractivity contribution < 1.29 is 9.31 Å². The van der Waals surface area contributed by atoms with Crippen molar-refractivity contribution in [2.24, 2.45) is 0 Å². The zero-order chi connectivity index (χ0) is 14.7. The fourth-order valence-corrected chi connectivity index (χ4v) is 2.20. The molecule has 0 radical (unpaired) electrons. The molecule has 0 spiro atoms. The summed E-state index contributed by atoms with van der Waals surface area (Å²) in [6, 6.07) is 10.0. The summed E-state index contributed by atoms with van der Waals surface area (Å²) in [6.07, 6.45) is 0. The van der Waals surface area contributed by atoms with E-state index in [-0.39, 0.29) is 17.1 Å². The van der Waals surface area contributed by atoms with Gasteiger partial charge in [-0.05, 0) is 46.9 Å².